The maximum Gasteiger partial charge on any atom is 0.147 e. The number of ether oxygens (including phenoxy) is 2. The van der Waals surface area contributed by atoms with E-state index in [1.54, 1.807) is 7.11 Å². The predicted molar refractivity (Wildman–Crippen MR) is 48.9 cm³/mol. The third-order valence-electron chi connectivity index (χ3n) is 2.05. The molecular formula is C10H16O2. The van der Waals surface area contributed by atoms with Crippen molar-refractivity contribution >= 4 is 0 Å². The Hall–Kier alpha value is -0.600. The molecule has 0 aromatic carbocycles. The van der Waals surface area contributed by atoms with E-state index in [0.29, 0.717) is 6.79 Å². The van der Waals surface area contributed by atoms with E-state index in [-0.39, 0.29) is 6.10 Å². The van der Waals surface area contributed by atoms with E-state index in [1.807, 2.05) is 6.08 Å². The van der Waals surface area contributed by atoms with Crippen LogP contribution in [0.15, 0.2) is 24.3 Å². The molecule has 0 saturated heterocycles. The molecule has 12 heavy (non-hydrogen) atoms. The normalized spacial score (nSPS) is 23.4. The van der Waals surface area contributed by atoms with Gasteiger partial charge in [-0.1, -0.05) is 18.7 Å². The number of methoxy groups -OCH3 is 1. The van der Waals surface area contributed by atoms with Gasteiger partial charge in [0.05, 0.1) is 6.10 Å². The molecule has 1 atom stereocenters. The van der Waals surface area contributed by atoms with Gasteiger partial charge in [-0.3, -0.25) is 0 Å². The summed E-state index contributed by atoms with van der Waals surface area (Å²) in [6.07, 6.45) is 7.70. The largest absolute Gasteiger partial charge is 0.359 e. The SMILES string of the molecule is C=CC1=CCCC[C@@H]1OCOC. The monoisotopic (exact) mass is 168 g/mol. The first-order valence-electron chi connectivity index (χ1n) is 4.31. The maximum atomic E-state index is 5.47. The first kappa shape index (κ1) is 9.49. The molecule has 0 aromatic rings. The summed E-state index contributed by atoms with van der Waals surface area (Å²) in [4.78, 5) is 0. The molecule has 0 radical (unpaired) electrons. The Balaban J connectivity index is 2.44. The van der Waals surface area contributed by atoms with Crippen molar-refractivity contribution in [3.8, 4) is 0 Å². The van der Waals surface area contributed by atoms with Crippen LogP contribution >= 0.6 is 0 Å². The number of hydrogen-bond acceptors (Lipinski definition) is 2. The minimum atomic E-state index is 0.205. The van der Waals surface area contributed by atoms with E-state index in [4.69, 9.17) is 9.47 Å². The van der Waals surface area contributed by atoms with Gasteiger partial charge in [-0.15, -0.1) is 0 Å². The minimum Gasteiger partial charge on any atom is -0.359 e. The van der Waals surface area contributed by atoms with Gasteiger partial charge in [-0.05, 0) is 24.8 Å². The van der Waals surface area contributed by atoms with Crippen molar-refractivity contribution in [3.05, 3.63) is 24.3 Å². The van der Waals surface area contributed by atoms with Crippen LogP contribution in [-0.2, 0) is 9.47 Å². The lowest BCUT2D eigenvalue weighted by molar-refractivity contribution is -0.0618. The summed E-state index contributed by atoms with van der Waals surface area (Å²) in [5.41, 5.74) is 1.21. The summed E-state index contributed by atoms with van der Waals surface area (Å²) in [7, 11) is 1.64. The van der Waals surface area contributed by atoms with Crippen LogP contribution in [-0.4, -0.2) is 20.0 Å². The number of rotatable bonds is 4. The van der Waals surface area contributed by atoms with Crippen molar-refractivity contribution in [2.45, 2.75) is 25.4 Å². The van der Waals surface area contributed by atoms with Crippen molar-refractivity contribution in [1.29, 1.82) is 0 Å². The third kappa shape index (κ3) is 2.47. The van der Waals surface area contributed by atoms with Crippen LogP contribution in [0, 0.1) is 0 Å². The highest BCUT2D eigenvalue weighted by Gasteiger charge is 2.15. The van der Waals surface area contributed by atoms with E-state index in [1.165, 1.54) is 12.0 Å². The molecule has 2 heteroatoms. The standard InChI is InChI=1S/C10H16O2/c1-3-9-6-4-5-7-10(9)12-8-11-2/h3,6,10H,1,4-5,7-8H2,2H3/t10-/m0/s1. The molecule has 0 aliphatic heterocycles. The van der Waals surface area contributed by atoms with E-state index in [2.05, 4.69) is 12.7 Å². The van der Waals surface area contributed by atoms with Crippen LogP contribution in [0.1, 0.15) is 19.3 Å². The highest BCUT2D eigenvalue weighted by molar-refractivity contribution is 5.22. The minimum absolute atomic E-state index is 0.205. The van der Waals surface area contributed by atoms with E-state index in [9.17, 15) is 0 Å². The Morgan fingerprint density at radius 3 is 3.25 bits per heavy atom. The molecule has 0 N–H and O–H groups in total. The van der Waals surface area contributed by atoms with Gasteiger partial charge in [0.15, 0.2) is 0 Å². The summed E-state index contributed by atoms with van der Waals surface area (Å²) < 4.78 is 10.3. The number of hydrogen-bond donors (Lipinski definition) is 0. The topological polar surface area (TPSA) is 18.5 Å². The lowest BCUT2D eigenvalue weighted by Gasteiger charge is -2.21. The molecule has 0 spiro atoms. The van der Waals surface area contributed by atoms with Crippen LogP contribution in [0.5, 0.6) is 0 Å². The fourth-order valence-electron chi connectivity index (χ4n) is 1.41. The zero-order valence-corrected chi connectivity index (χ0v) is 7.58. The molecule has 2 nitrogen and oxygen atoms in total. The first-order valence-corrected chi connectivity index (χ1v) is 4.31. The zero-order valence-electron chi connectivity index (χ0n) is 7.58. The Kier molecular flexibility index (Phi) is 4.05. The van der Waals surface area contributed by atoms with E-state index in [0.717, 1.165) is 12.8 Å². The van der Waals surface area contributed by atoms with Crippen molar-refractivity contribution < 1.29 is 9.47 Å². The Morgan fingerprint density at radius 1 is 1.75 bits per heavy atom. The third-order valence-corrected chi connectivity index (χ3v) is 2.05. The van der Waals surface area contributed by atoms with Crippen molar-refractivity contribution in [2.24, 2.45) is 0 Å². The zero-order chi connectivity index (χ0) is 8.81. The Labute approximate surface area is 73.9 Å². The smallest absolute Gasteiger partial charge is 0.147 e. The molecule has 1 aliphatic carbocycles. The average Bonchev–Trinajstić information content (AvgIpc) is 2.15. The average molecular weight is 168 g/mol. The van der Waals surface area contributed by atoms with Crippen molar-refractivity contribution in [1.82, 2.24) is 0 Å². The second kappa shape index (κ2) is 5.12. The van der Waals surface area contributed by atoms with Crippen LogP contribution < -0.4 is 0 Å². The first-order chi connectivity index (χ1) is 5.88. The molecule has 0 fully saturated rings. The molecule has 1 rings (SSSR count). The van der Waals surface area contributed by atoms with Crippen LogP contribution in [0.25, 0.3) is 0 Å². The lowest BCUT2D eigenvalue weighted by Crippen LogP contribution is -2.18. The summed E-state index contributed by atoms with van der Waals surface area (Å²) in [5.74, 6) is 0. The molecule has 68 valence electrons. The fraction of sp³-hybridized carbons (Fsp3) is 0.600. The van der Waals surface area contributed by atoms with Crippen LogP contribution in [0.4, 0.5) is 0 Å². The van der Waals surface area contributed by atoms with Gasteiger partial charge in [0.1, 0.15) is 6.79 Å². The summed E-state index contributed by atoms with van der Waals surface area (Å²) in [6, 6.07) is 0. The van der Waals surface area contributed by atoms with Gasteiger partial charge >= 0.3 is 0 Å². The molecule has 0 aromatic heterocycles. The second-order valence-electron chi connectivity index (χ2n) is 2.90. The molecule has 0 amide bonds. The van der Waals surface area contributed by atoms with Gasteiger partial charge in [0.25, 0.3) is 0 Å². The quantitative estimate of drug-likeness (QED) is 0.599. The summed E-state index contributed by atoms with van der Waals surface area (Å²) >= 11 is 0. The summed E-state index contributed by atoms with van der Waals surface area (Å²) in [6.45, 7) is 4.12. The Morgan fingerprint density at radius 2 is 2.58 bits per heavy atom. The summed E-state index contributed by atoms with van der Waals surface area (Å²) in [5, 5.41) is 0. The molecule has 0 unspecified atom stereocenters. The van der Waals surface area contributed by atoms with E-state index >= 15 is 0 Å². The van der Waals surface area contributed by atoms with Crippen LogP contribution in [0.2, 0.25) is 0 Å². The second-order valence-corrected chi connectivity index (χ2v) is 2.90. The highest BCUT2D eigenvalue weighted by Crippen LogP contribution is 2.21. The van der Waals surface area contributed by atoms with Gasteiger partial charge in [0, 0.05) is 7.11 Å². The molecular weight excluding hydrogens is 152 g/mol. The molecule has 0 saturated carbocycles. The maximum absolute atomic E-state index is 5.47. The van der Waals surface area contributed by atoms with Gasteiger partial charge in [0.2, 0.25) is 0 Å². The van der Waals surface area contributed by atoms with Crippen molar-refractivity contribution in [3.63, 3.8) is 0 Å². The van der Waals surface area contributed by atoms with Crippen molar-refractivity contribution in [2.75, 3.05) is 13.9 Å². The molecule has 1 aliphatic rings. The van der Waals surface area contributed by atoms with E-state index < -0.39 is 0 Å². The van der Waals surface area contributed by atoms with Gasteiger partial charge in [-0.25, -0.2) is 0 Å². The van der Waals surface area contributed by atoms with Gasteiger partial charge in [-0.2, -0.15) is 0 Å². The highest BCUT2D eigenvalue weighted by atomic mass is 16.7. The molecule has 0 bridgehead atoms. The Bertz CT molecular complexity index is 173. The van der Waals surface area contributed by atoms with Gasteiger partial charge < -0.3 is 9.47 Å². The molecule has 0 heterocycles. The fourth-order valence-corrected chi connectivity index (χ4v) is 1.41. The lowest BCUT2D eigenvalue weighted by atomic mass is 9.96. The predicted octanol–water partition coefficient (Wildman–Crippen LogP) is 2.27. The van der Waals surface area contributed by atoms with Crippen LogP contribution in [0.3, 0.4) is 0 Å². The number of allylic oxidation sites excluding steroid dienone is 1.